The van der Waals surface area contributed by atoms with E-state index in [1.54, 1.807) is 10.7 Å². The SMILES string of the molecule is CC(C)(C)c1cc(NC(=O)C(=O)c2cnn(-c3ccccc3)c2)n[nH]1. The second kappa shape index (κ2) is 6.35. The van der Waals surface area contributed by atoms with Crippen LogP contribution in [0.1, 0.15) is 36.8 Å². The van der Waals surface area contributed by atoms with Crippen molar-refractivity contribution in [3.8, 4) is 5.69 Å². The molecule has 1 amide bonds. The molecule has 0 aliphatic carbocycles. The third kappa shape index (κ3) is 3.65. The highest BCUT2D eigenvalue weighted by molar-refractivity contribution is 6.46. The summed E-state index contributed by atoms with van der Waals surface area (Å²) in [6.07, 6.45) is 2.91. The molecule has 0 radical (unpaired) electrons. The van der Waals surface area contributed by atoms with Crippen LogP contribution >= 0.6 is 0 Å². The molecule has 128 valence electrons. The van der Waals surface area contributed by atoms with Gasteiger partial charge in [0.25, 0.3) is 11.7 Å². The van der Waals surface area contributed by atoms with E-state index in [1.165, 1.54) is 12.4 Å². The fraction of sp³-hybridized carbons (Fsp3) is 0.222. The molecular formula is C18H19N5O2. The summed E-state index contributed by atoms with van der Waals surface area (Å²) in [7, 11) is 0. The summed E-state index contributed by atoms with van der Waals surface area (Å²) in [5.74, 6) is -1.10. The van der Waals surface area contributed by atoms with Crippen molar-refractivity contribution in [2.24, 2.45) is 0 Å². The smallest absolute Gasteiger partial charge is 0.298 e. The lowest BCUT2D eigenvalue weighted by atomic mass is 9.92. The van der Waals surface area contributed by atoms with Crippen LogP contribution < -0.4 is 5.32 Å². The number of H-pyrrole nitrogens is 1. The molecule has 0 atom stereocenters. The molecule has 0 fully saturated rings. The molecule has 0 saturated heterocycles. The van der Waals surface area contributed by atoms with Gasteiger partial charge in [0.15, 0.2) is 5.82 Å². The quantitative estimate of drug-likeness (QED) is 0.565. The van der Waals surface area contributed by atoms with Gasteiger partial charge in [-0.2, -0.15) is 10.2 Å². The van der Waals surface area contributed by atoms with Crippen LogP contribution in [0.2, 0.25) is 0 Å². The Morgan fingerprint density at radius 1 is 1.16 bits per heavy atom. The number of nitrogens with zero attached hydrogens (tertiary/aromatic N) is 3. The average Bonchev–Trinajstić information content (AvgIpc) is 3.24. The molecular weight excluding hydrogens is 318 g/mol. The lowest BCUT2D eigenvalue weighted by molar-refractivity contribution is -0.112. The van der Waals surface area contributed by atoms with Crippen molar-refractivity contribution in [1.82, 2.24) is 20.0 Å². The van der Waals surface area contributed by atoms with Gasteiger partial charge in [0.05, 0.1) is 17.4 Å². The van der Waals surface area contributed by atoms with Crippen molar-refractivity contribution >= 4 is 17.5 Å². The monoisotopic (exact) mass is 337 g/mol. The number of anilines is 1. The molecule has 0 spiro atoms. The number of Topliss-reactive ketones (excluding diaryl/α,β-unsaturated/α-hetero) is 1. The topological polar surface area (TPSA) is 92.7 Å². The Morgan fingerprint density at radius 3 is 2.52 bits per heavy atom. The lowest BCUT2D eigenvalue weighted by Gasteiger charge is -2.14. The lowest BCUT2D eigenvalue weighted by Crippen LogP contribution is -2.22. The van der Waals surface area contributed by atoms with Gasteiger partial charge < -0.3 is 5.32 Å². The minimum atomic E-state index is -0.750. The van der Waals surface area contributed by atoms with E-state index < -0.39 is 11.7 Å². The van der Waals surface area contributed by atoms with Crippen LogP contribution in [0.5, 0.6) is 0 Å². The van der Waals surface area contributed by atoms with Gasteiger partial charge in [0, 0.05) is 23.4 Å². The Balaban J connectivity index is 1.72. The third-order valence-corrected chi connectivity index (χ3v) is 3.70. The molecule has 7 nitrogen and oxygen atoms in total. The van der Waals surface area contributed by atoms with Crippen LogP contribution in [0.15, 0.2) is 48.8 Å². The molecule has 2 heterocycles. The van der Waals surface area contributed by atoms with Crippen LogP contribution in [-0.4, -0.2) is 31.7 Å². The zero-order valence-electron chi connectivity index (χ0n) is 14.3. The number of hydrogen-bond acceptors (Lipinski definition) is 4. The summed E-state index contributed by atoms with van der Waals surface area (Å²) >= 11 is 0. The summed E-state index contributed by atoms with van der Waals surface area (Å²) in [5, 5.41) is 13.5. The zero-order valence-corrected chi connectivity index (χ0v) is 14.3. The number of ketones is 1. The Kier molecular flexibility index (Phi) is 4.22. The van der Waals surface area contributed by atoms with Crippen LogP contribution in [0.3, 0.4) is 0 Å². The molecule has 3 rings (SSSR count). The van der Waals surface area contributed by atoms with Gasteiger partial charge >= 0.3 is 0 Å². The normalized spacial score (nSPS) is 11.3. The number of nitrogens with one attached hydrogen (secondary N) is 2. The molecule has 25 heavy (non-hydrogen) atoms. The Bertz CT molecular complexity index is 903. The average molecular weight is 337 g/mol. The fourth-order valence-corrected chi connectivity index (χ4v) is 2.24. The van der Waals surface area contributed by atoms with Crippen molar-refractivity contribution in [2.75, 3.05) is 5.32 Å². The van der Waals surface area contributed by atoms with Gasteiger partial charge in [-0.15, -0.1) is 0 Å². The standard InChI is InChI=1S/C18H19N5O2/c1-18(2,3)14-9-15(22-21-14)20-17(25)16(24)12-10-19-23(11-12)13-7-5-4-6-8-13/h4-11H,1-3H3,(H2,20,21,22,25). The second-order valence-electron chi connectivity index (χ2n) is 6.71. The first-order chi connectivity index (χ1) is 11.8. The number of aromatic amines is 1. The van der Waals surface area contributed by atoms with E-state index in [4.69, 9.17) is 0 Å². The van der Waals surface area contributed by atoms with Gasteiger partial charge in [0.1, 0.15) is 0 Å². The van der Waals surface area contributed by atoms with Gasteiger partial charge in [0.2, 0.25) is 0 Å². The van der Waals surface area contributed by atoms with E-state index in [0.29, 0.717) is 5.82 Å². The Labute approximate surface area is 145 Å². The fourth-order valence-electron chi connectivity index (χ4n) is 2.24. The minimum Gasteiger partial charge on any atom is -0.302 e. The van der Waals surface area contributed by atoms with E-state index in [2.05, 4.69) is 20.6 Å². The number of carbonyl (C=O) groups excluding carboxylic acids is 2. The van der Waals surface area contributed by atoms with Crippen molar-refractivity contribution in [3.05, 3.63) is 60.0 Å². The third-order valence-electron chi connectivity index (χ3n) is 3.70. The van der Waals surface area contributed by atoms with Crippen molar-refractivity contribution in [3.63, 3.8) is 0 Å². The first kappa shape index (κ1) is 16.6. The summed E-state index contributed by atoms with van der Waals surface area (Å²) < 4.78 is 1.55. The number of para-hydroxylation sites is 1. The molecule has 1 aromatic carbocycles. The molecule has 2 N–H and O–H groups in total. The van der Waals surface area contributed by atoms with Gasteiger partial charge in [-0.05, 0) is 12.1 Å². The molecule has 3 aromatic rings. The molecule has 0 bridgehead atoms. The summed E-state index contributed by atoms with van der Waals surface area (Å²) in [4.78, 5) is 24.5. The van der Waals surface area contributed by atoms with Gasteiger partial charge in [-0.3, -0.25) is 14.7 Å². The van der Waals surface area contributed by atoms with Crippen molar-refractivity contribution < 1.29 is 9.59 Å². The number of benzene rings is 1. The summed E-state index contributed by atoms with van der Waals surface area (Å²) in [6.45, 7) is 6.07. The number of amides is 1. The van der Waals surface area contributed by atoms with E-state index in [0.717, 1.165) is 11.4 Å². The van der Waals surface area contributed by atoms with Gasteiger partial charge in [-0.25, -0.2) is 4.68 Å². The zero-order chi connectivity index (χ0) is 18.0. The van der Waals surface area contributed by atoms with Crippen molar-refractivity contribution in [2.45, 2.75) is 26.2 Å². The maximum atomic E-state index is 12.3. The number of carbonyl (C=O) groups is 2. The largest absolute Gasteiger partial charge is 0.302 e. The molecule has 0 unspecified atom stereocenters. The number of aromatic nitrogens is 4. The van der Waals surface area contributed by atoms with E-state index in [1.807, 2.05) is 51.1 Å². The number of hydrogen-bond donors (Lipinski definition) is 2. The van der Waals surface area contributed by atoms with E-state index in [-0.39, 0.29) is 11.0 Å². The minimum absolute atomic E-state index is 0.128. The first-order valence-electron chi connectivity index (χ1n) is 7.86. The van der Waals surface area contributed by atoms with Crippen LogP contribution in [0.25, 0.3) is 5.69 Å². The van der Waals surface area contributed by atoms with Crippen molar-refractivity contribution in [1.29, 1.82) is 0 Å². The molecule has 0 saturated carbocycles. The van der Waals surface area contributed by atoms with Crippen LogP contribution in [0, 0.1) is 0 Å². The Hall–Kier alpha value is -3.22. The molecule has 0 aliphatic rings. The highest BCUT2D eigenvalue weighted by atomic mass is 16.2. The number of rotatable bonds is 4. The summed E-state index contributed by atoms with van der Waals surface area (Å²) in [5.41, 5.74) is 1.76. The predicted octanol–water partition coefficient (Wildman–Crippen LogP) is 2.71. The van der Waals surface area contributed by atoms with Crippen LogP contribution in [0.4, 0.5) is 5.82 Å². The summed E-state index contributed by atoms with van der Waals surface area (Å²) in [6, 6.07) is 11.1. The molecule has 2 aromatic heterocycles. The van der Waals surface area contributed by atoms with E-state index >= 15 is 0 Å². The predicted molar refractivity (Wildman–Crippen MR) is 93.8 cm³/mol. The van der Waals surface area contributed by atoms with Crippen LogP contribution in [-0.2, 0) is 10.2 Å². The van der Waals surface area contributed by atoms with Gasteiger partial charge in [-0.1, -0.05) is 39.0 Å². The highest BCUT2D eigenvalue weighted by Crippen LogP contribution is 2.22. The highest BCUT2D eigenvalue weighted by Gasteiger charge is 2.21. The van der Waals surface area contributed by atoms with E-state index in [9.17, 15) is 9.59 Å². The second-order valence-corrected chi connectivity index (χ2v) is 6.71. The molecule has 7 heteroatoms. The first-order valence-corrected chi connectivity index (χ1v) is 7.86. The Morgan fingerprint density at radius 2 is 1.88 bits per heavy atom. The maximum Gasteiger partial charge on any atom is 0.298 e. The molecule has 0 aliphatic heterocycles. The maximum absolute atomic E-state index is 12.3.